The van der Waals surface area contributed by atoms with Crippen LogP contribution in [0.5, 0.6) is 5.75 Å². The molecule has 212 valence electrons. The second-order valence-electron chi connectivity index (χ2n) is 9.54. The maximum absolute atomic E-state index is 12.2. The fourth-order valence-electron chi connectivity index (χ4n) is 4.34. The van der Waals surface area contributed by atoms with E-state index in [0.29, 0.717) is 27.8 Å². The van der Waals surface area contributed by atoms with E-state index in [1.165, 1.54) is 12.1 Å². The van der Waals surface area contributed by atoms with Gasteiger partial charge in [-0.25, -0.2) is 4.79 Å². The molecule has 4 aromatic carbocycles. The van der Waals surface area contributed by atoms with Crippen LogP contribution in [0.2, 0.25) is 0 Å². The SMILES string of the molecule is CC1C=C(C(=O)O)C=CC1N=Nc1ccc(N=Nc2c(S(=O)(=O)O)cc3cc(Nc4ccccc4)ccc3c2O)cc1. The Morgan fingerprint density at radius 3 is 2.21 bits per heavy atom. The first-order valence-electron chi connectivity index (χ1n) is 12.7. The molecule has 0 amide bonds. The molecular weight excluding hydrogens is 558 g/mol. The molecule has 2 unspecified atom stereocenters. The van der Waals surface area contributed by atoms with Crippen LogP contribution in [0.3, 0.4) is 0 Å². The normalized spacial score (nSPS) is 17.1. The molecule has 0 saturated carbocycles. The molecule has 0 aromatic heterocycles. The van der Waals surface area contributed by atoms with Crippen LogP contribution in [0.15, 0.2) is 128 Å². The largest absolute Gasteiger partial charge is 0.505 e. The lowest BCUT2D eigenvalue weighted by molar-refractivity contribution is -0.132. The quantitative estimate of drug-likeness (QED) is 0.122. The monoisotopic (exact) mass is 583 g/mol. The Hall–Kier alpha value is -5.20. The van der Waals surface area contributed by atoms with E-state index in [9.17, 15) is 22.9 Å². The van der Waals surface area contributed by atoms with Gasteiger partial charge in [-0.1, -0.05) is 37.3 Å². The number of aliphatic carboxylic acids is 1. The third-order valence-corrected chi connectivity index (χ3v) is 7.38. The molecule has 2 atom stereocenters. The minimum Gasteiger partial charge on any atom is -0.505 e. The first-order valence-corrected chi connectivity index (χ1v) is 14.2. The smallest absolute Gasteiger partial charge is 0.335 e. The highest BCUT2D eigenvalue weighted by Gasteiger charge is 2.22. The van der Waals surface area contributed by atoms with Gasteiger partial charge in [0.2, 0.25) is 0 Å². The number of nitrogens with one attached hydrogen (secondary N) is 1. The van der Waals surface area contributed by atoms with Gasteiger partial charge in [0.05, 0.1) is 23.0 Å². The van der Waals surface area contributed by atoms with Crippen LogP contribution in [0.25, 0.3) is 10.8 Å². The number of carboxylic acid groups (broad SMARTS) is 1. The number of azo groups is 2. The number of anilines is 2. The number of phenolic OH excluding ortho intramolecular Hbond substituents is 1. The van der Waals surface area contributed by atoms with E-state index in [2.05, 4.69) is 25.8 Å². The van der Waals surface area contributed by atoms with Crippen LogP contribution in [-0.4, -0.2) is 35.2 Å². The number of para-hydroxylation sites is 1. The van der Waals surface area contributed by atoms with Crippen molar-refractivity contribution in [1.82, 2.24) is 0 Å². The Morgan fingerprint density at radius 1 is 0.881 bits per heavy atom. The zero-order valence-electron chi connectivity index (χ0n) is 22.2. The highest BCUT2D eigenvalue weighted by Crippen LogP contribution is 2.42. The second kappa shape index (κ2) is 11.7. The highest BCUT2D eigenvalue weighted by atomic mass is 32.2. The number of rotatable bonds is 8. The predicted molar refractivity (Wildman–Crippen MR) is 158 cm³/mol. The highest BCUT2D eigenvalue weighted by molar-refractivity contribution is 7.86. The summed E-state index contributed by atoms with van der Waals surface area (Å²) in [5, 5.41) is 40.4. The summed E-state index contributed by atoms with van der Waals surface area (Å²) >= 11 is 0. The fourth-order valence-corrected chi connectivity index (χ4v) is 5.00. The van der Waals surface area contributed by atoms with Crippen molar-refractivity contribution in [2.75, 3.05) is 5.32 Å². The van der Waals surface area contributed by atoms with Crippen LogP contribution < -0.4 is 5.32 Å². The maximum atomic E-state index is 12.2. The Morgan fingerprint density at radius 2 is 1.57 bits per heavy atom. The number of aromatic hydroxyl groups is 1. The molecular formula is C30H25N5O6S. The lowest BCUT2D eigenvalue weighted by Gasteiger charge is -2.16. The van der Waals surface area contributed by atoms with Crippen molar-refractivity contribution in [2.45, 2.75) is 17.9 Å². The van der Waals surface area contributed by atoms with Gasteiger partial charge in [0.15, 0.2) is 5.75 Å². The minimum absolute atomic E-state index is 0.142. The average Bonchev–Trinajstić information content (AvgIpc) is 2.96. The summed E-state index contributed by atoms with van der Waals surface area (Å²) in [7, 11) is -4.76. The zero-order valence-corrected chi connectivity index (χ0v) is 23.0. The van der Waals surface area contributed by atoms with Gasteiger partial charge in [-0.15, -0.1) is 5.11 Å². The molecule has 0 bridgehead atoms. The van der Waals surface area contributed by atoms with Crippen LogP contribution in [-0.2, 0) is 14.9 Å². The van der Waals surface area contributed by atoms with Crippen LogP contribution >= 0.6 is 0 Å². The Kier molecular flexibility index (Phi) is 7.91. The third-order valence-electron chi connectivity index (χ3n) is 6.51. The first-order chi connectivity index (χ1) is 20.1. The van der Waals surface area contributed by atoms with Crippen molar-refractivity contribution < 1.29 is 28.0 Å². The molecule has 0 heterocycles. The summed E-state index contributed by atoms with van der Waals surface area (Å²) in [5.74, 6) is -1.59. The molecule has 0 spiro atoms. The Labute approximate surface area is 241 Å². The molecule has 12 heteroatoms. The molecule has 0 radical (unpaired) electrons. The summed E-state index contributed by atoms with van der Waals surface area (Å²) < 4.78 is 34.4. The maximum Gasteiger partial charge on any atom is 0.335 e. The molecule has 42 heavy (non-hydrogen) atoms. The fraction of sp³-hybridized carbons (Fsp3) is 0.100. The van der Waals surface area contributed by atoms with Crippen molar-refractivity contribution in [3.05, 3.63) is 103 Å². The number of carboxylic acids is 1. The van der Waals surface area contributed by atoms with Gasteiger partial charge in [0, 0.05) is 22.7 Å². The predicted octanol–water partition coefficient (Wildman–Crippen LogP) is 7.62. The van der Waals surface area contributed by atoms with Gasteiger partial charge in [-0.05, 0) is 72.1 Å². The van der Waals surface area contributed by atoms with E-state index in [1.54, 1.807) is 54.6 Å². The average molecular weight is 584 g/mol. The molecule has 4 aromatic rings. The number of phenols is 1. The number of benzene rings is 4. The van der Waals surface area contributed by atoms with Crippen molar-refractivity contribution in [3.8, 4) is 5.75 Å². The summed E-state index contributed by atoms with van der Waals surface area (Å²) in [6, 6.07) is 21.7. The van der Waals surface area contributed by atoms with E-state index >= 15 is 0 Å². The van der Waals surface area contributed by atoms with E-state index < -0.39 is 32.4 Å². The Bertz CT molecular complexity index is 1890. The van der Waals surface area contributed by atoms with Gasteiger partial charge in [-0.3, -0.25) is 4.55 Å². The molecule has 0 aliphatic heterocycles. The standard InChI is InChI=1S/C30H25N5O6S/c1-18-15-19(30(37)38)7-14-26(18)34-32-22-8-10-23(11-9-22)33-35-28-27(42(39,40)41)17-20-16-24(12-13-25(20)29(28)36)31-21-5-3-2-4-6-21/h2-18,26,31,36H,1H3,(H,37,38)(H,39,40,41). The van der Waals surface area contributed by atoms with Gasteiger partial charge in [0.1, 0.15) is 10.6 Å². The topological polar surface area (TPSA) is 173 Å². The summed E-state index contributed by atoms with van der Waals surface area (Å²) in [5.41, 5.74) is 2.12. The van der Waals surface area contributed by atoms with Crippen molar-refractivity contribution in [3.63, 3.8) is 0 Å². The number of nitrogens with zero attached hydrogens (tertiary/aromatic N) is 4. The number of hydrogen-bond acceptors (Lipinski definition) is 9. The lowest BCUT2D eigenvalue weighted by Crippen LogP contribution is -2.16. The van der Waals surface area contributed by atoms with Crippen molar-refractivity contribution in [1.29, 1.82) is 0 Å². The molecule has 1 aliphatic rings. The van der Waals surface area contributed by atoms with E-state index in [0.717, 1.165) is 5.69 Å². The number of hydrogen-bond donors (Lipinski definition) is 4. The second-order valence-corrected chi connectivity index (χ2v) is 10.9. The summed E-state index contributed by atoms with van der Waals surface area (Å²) in [4.78, 5) is 10.5. The minimum atomic E-state index is -4.76. The molecule has 0 saturated heterocycles. The molecule has 1 aliphatic carbocycles. The number of carbonyl (C=O) groups is 1. The zero-order chi connectivity index (χ0) is 29.9. The van der Waals surface area contributed by atoms with Crippen LogP contribution in [0, 0.1) is 5.92 Å². The van der Waals surface area contributed by atoms with Crippen LogP contribution in [0.1, 0.15) is 6.92 Å². The lowest BCUT2D eigenvalue weighted by atomic mass is 9.94. The van der Waals surface area contributed by atoms with Gasteiger partial charge in [0.25, 0.3) is 10.1 Å². The van der Waals surface area contributed by atoms with Crippen molar-refractivity contribution >= 4 is 55.3 Å². The first kappa shape index (κ1) is 28.3. The molecule has 0 fully saturated rings. The summed E-state index contributed by atoms with van der Waals surface area (Å²) in [6.07, 6.45) is 4.81. The number of fused-ring (bicyclic) bond motifs is 1. The van der Waals surface area contributed by atoms with Gasteiger partial charge in [-0.2, -0.15) is 23.8 Å². The molecule has 5 rings (SSSR count). The van der Waals surface area contributed by atoms with Crippen LogP contribution in [0.4, 0.5) is 28.4 Å². The van der Waals surface area contributed by atoms with E-state index in [-0.39, 0.29) is 17.5 Å². The molecule has 4 N–H and O–H groups in total. The molecule has 11 nitrogen and oxygen atoms in total. The van der Waals surface area contributed by atoms with E-state index in [4.69, 9.17) is 5.11 Å². The van der Waals surface area contributed by atoms with Crippen molar-refractivity contribution in [2.24, 2.45) is 26.4 Å². The van der Waals surface area contributed by atoms with Gasteiger partial charge >= 0.3 is 5.97 Å². The summed E-state index contributed by atoms with van der Waals surface area (Å²) in [6.45, 7) is 1.85. The van der Waals surface area contributed by atoms with E-state index in [1.807, 2.05) is 37.3 Å². The van der Waals surface area contributed by atoms with Gasteiger partial charge < -0.3 is 15.5 Å². The Balaban J connectivity index is 1.38. The third kappa shape index (κ3) is 6.40.